The number of benzene rings is 1. The van der Waals surface area contributed by atoms with Crippen LogP contribution in [0.15, 0.2) is 24.3 Å². The lowest BCUT2D eigenvalue weighted by molar-refractivity contribution is 0.184. The molecule has 0 radical (unpaired) electrons. The van der Waals surface area contributed by atoms with E-state index in [1.807, 2.05) is 12.1 Å². The summed E-state index contributed by atoms with van der Waals surface area (Å²) in [6.45, 7) is 5.01. The van der Waals surface area contributed by atoms with Gasteiger partial charge in [0.05, 0.1) is 6.61 Å². The number of unbranched alkanes of at least 4 members (excludes halogenated alkanes) is 5. The maximum Gasteiger partial charge on any atom is 0.0540 e. The Labute approximate surface area is 124 Å². The number of rotatable bonds is 10. The molecule has 1 rings (SSSR count). The molecule has 1 atom stereocenters. The monoisotopic (exact) mass is 277 g/mol. The number of aliphatic hydroxyl groups excluding tert-OH is 1. The highest BCUT2D eigenvalue weighted by molar-refractivity contribution is 5.34. The lowest BCUT2D eigenvalue weighted by atomic mass is 9.75. The fraction of sp³-hybridized carbons (Fsp3) is 0.667. The van der Waals surface area contributed by atoms with Gasteiger partial charge in [-0.3, -0.25) is 0 Å². The van der Waals surface area contributed by atoms with Gasteiger partial charge < -0.3 is 10.8 Å². The molecule has 1 unspecified atom stereocenters. The lowest BCUT2D eigenvalue weighted by Crippen LogP contribution is -2.39. The summed E-state index contributed by atoms with van der Waals surface area (Å²) in [6, 6.07) is 8.32. The standard InChI is InChI=1S/C18H31NO/c1-3-4-5-6-7-10-13-18(14-19,15-20)17-12-9-8-11-16(17)2/h8-9,11-12,20H,3-7,10,13-15,19H2,1-2H3. The Morgan fingerprint density at radius 1 is 1.05 bits per heavy atom. The molecule has 0 heterocycles. The molecule has 3 N–H and O–H groups in total. The van der Waals surface area contributed by atoms with Gasteiger partial charge in [0.15, 0.2) is 0 Å². The SMILES string of the molecule is CCCCCCCCC(CN)(CO)c1ccccc1C. The fourth-order valence-electron chi connectivity index (χ4n) is 2.99. The van der Waals surface area contributed by atoms with Crippen LogP contribution in [0.4, 0.5) is 0 Å². The van der Waals surface area contributed by atoms with E-state index in [0.717, 1.165) is 12.8 Å². The van der Waals surface area contributed by atoms with Gasteiger partial charge in [0.25, 0.3) is 0 Å². The van der Waals surface area contributed by atoms with E-state index < -0.39 is 0 Å². The molecule has 0 saturated carbocycles. The van der Waals surface area contributed by atoms with Crippen molar-refractivity contribution in [3.63, 3.8) is 0 Å². The van der Waals surface area contributed by atoms with Gasteiger partial charge in [-0.25, -0.2) is 0 Å². The third-order valence-electron chi connectivity index (χ3n) is 4.42. The molecule has 0 amide bonds. The van der Waals surface area contributed by atoms with Crippen LogP contribution >= 0.6 is 0 Å². The second-order valence-corrected chi connectivity index (χ2v) is 5.98. The van der Waals surface area contributed by atoms with Gasteiger partial charge in [-0.2, -0.15) is 0 Å². The molecule has 0 aliphatic heterocycles. The number of aliphatic hydroxyl groups is 1. The van der Waals surface area contributed by atoms with Crippen LogP contribution in [0.2, 0.25) is 0 Å². The highest BCUT2D eigenvalue weighted by Crippen LogP contribution is 2.31. The summed E-state index contributed by atoms with van der Waals surface area (Å²) in [5, 5.41) is 9.92. The zero-order chi connectivity index (χ0) is 14.8. The molecular weight excluding hydrogens is 246 g/mol. The molecule has 0 aromatic heterocycles. The van der Waals surface area contributed by atoms with Crippen molar-refractivity contribution in [1.29, 1.82) is 0 Å². The molecule has 1 aromatic rings. The molecule has 0 spiro atoms. The van der Waals surface area contributed by atoms with Gasteiger partial charge in [0, 0.05) is 12.0 Å². The molecule has 0 bridgehead atoms. The van der Waals surface area contributed by atoms with Crippen molar-refractivity contribution in [2.45, 2.75) is 64.2 Å². The number of nitrogens with two attached hydrogens (primary N) is 1. The maximum absolute atomic E-state index is 9.92. The Kier molecular flexibility index (Phi) is 7.86. The van der Waals surface area contributed by atoms with Gasteiger partial charge in [0.2, 0.25) is 0 Å². The fourth-order valence-corrected chi connectivity index (χ4v) is 2.99. The van der Waals surface area contributed by atoms with Crippen LogP contribution in [0.3, 0.4) is 0 Å². The molecule has 0 saturated heterocycles. The topological polar surface area (TPSA) is 46.2 Å². The summed E-state index contributed by atoms with van der Waals surface area (Å²) in [5.74, 6) is 0. The molecule has 0 fully saturated rings. The average Bonchev–Trinajstić information content (AvgIpc) is 2.48. The van der Waals surface area contributed by atoms with Gasteiger partial charge in [0.1, 0.15) is 0 Å². The van der Waals surface area contributed by atoms with E-state index in [0.29, 0.717) is 6.54 Å². The highest BCUT2D eigenvalue weighted by Gasteiger charge is 2.30. The van der Waals surface area contributed by atoms with Crippen molar-refractivity contribution >= 4 is 0 Å². The smallest absolute Gasteiger partial charge is 0.0540 e. The normalized spacial score (nSPS) is 14.2. The zero-order valence-corrected chi connectivity index (χ0v) is 13.2. The number of hydrogen-bond donors (Lipinski definition) is 2. The second kappa shape index (κ2) is 9.15. The van der Waals surface area contributed by atoms with E-state index in [2.05, 4.69) is 26.0 Å². The summed E-state index contributed by atoms with van der Waals surface area (Å²) in [6.07, 6.45) is 8.62. The Morgan fingerprint density at radius 3 is 2.30 bits per heavy atom. The van der Waals surface area contributed by atoms with Crippen molar-refractivity contribution in [3.8, 4) is 0 Å². The predicted molar refractivity (Wildman–Crippen MR) is 87.0 cm³/mol. The first-order valence-corrected chi connectivity index (χ1v) is 8.07. The molecule has 114 valence electrons. The van der Waals surface area contributed by atoms with E-state index in [9.17, 15) is 5.11 Å². The van der Waals surface area contributed by atoms with Crippen molar-refractivity contribution in [1.82, 2.24) is 0 Å². The van der Waals surface area contributed by atoms with Gasteiger partial charge >= 0.3 is 0 Å². The second-order valence-electron chi connectivity index (χ2n) is 5.98. The van der Waals surface area contributed by atoms with E-state index in [1.54, 1.807) is 0 Å². The first kappa shape index (κ1) is 17.2. The quantitative estimate of drug-likeness (QED) is 0.636. The van der Waals surface area contributed by atoms with Crippen LogP contribution in [0.25, 0.3) is 0 Å². The first-order valence-electron chi connectivity index (χ1n) is 8.07. The first-order chi connectivity index (χ1) is 9.70. The minimum atomic E-state index is -0.254. The number of aryl methyl sites for hydroxylation is 1. The Morgan fingerprint density at radius 2 is 1.70 bits per heavy atom. The summed E-state index contributed by atoms with van der Waals surface area (Å²) in [4.78, 5) is 0. The van der Waals surface area contributed by atoms with Crippen LogP contribution in [-0.2, 0) is 5.41 Å². The van der Waals surface area contributed by atoms with Crippen LogP contribution in [0, 0.1) is 6.92 Å². The van der Waals surface area contributed by atoms with Crippen LogP contribution in [0.1, 0.15) is 63.0 Å². The molecule has 2 nitrogen and oxygen atoms in total. The van der Waals surface area contributed by atoms with Crippen LogP contribution < -0.4 is 5.73 Å². The van der Waals surface area contributed by atoms with E-state index >= 15 is 0 Å². The molecule has 1 aromatic carbocycles. The molecule has 2 heteroatoms. The van der Waals surface area contributed by atoms with Gasteiger partial charge in [-0.15, -0.1) is 0 Å². The lowest BCUT2D eigenvalue weighted by Gasteiger charge is -2.32. The van der Waals surface area contributed by atoms with Crippen molar-refractivity contribution in [2.75, 3.05) is 13.2 Å². The Hall–Kier alpha value is -0.860. The van der Waals surface area contributed by atoms with Crippen molar-refractivity contribution < 1.29 is 5.11 Å². The highest BCUT2D eigenvalue weighted by atomic mass is 16.3. The Balaban J connectivity index is 2.61. The van der Waals surface area contributed by atoms with Crippen molar-refractivity contribution in [2.24, 2.45) is 5.73 Å². The minimum absolute atomic E-state index is 0.142. The molecule has 0 aliphatic rings. The number of hydrogen-bond acceptors (Lipinski definition) is 2. The largest absolute Gasteiger partial charge is 0.395 e. The van der Waals surface area contributed by atoms with Crippen LogP contribution in [0.5, 0.6) is 0 Å². The minimum Gasteiger partial charge on any atom is -0.395 e. The van der Waals surface area contributed by atoms with Gasteiger partial charge in [-0.1, -0.05) is 69.7 Å². The van der Waals surface area contributed by atoms with Crippen LogP contribution in [-0.4, -0.2) is 18.3 Å². The van der Waals surface area contributed by atoms with Crippen molar-refractivity contribution in [3.05, 3.63) is 35.4 Å². The Bertz CT molecular complexity index is 371. The summed E-state index contributed by atoms with van der Waals surface area (Å²) >= 11 is 0. The zero-order valence-electron chi connectivity index (χ0n) is 13.2. The molecular formula is C18H31NO. The third-order valence-corrected chi connectivity index (χ3v) is 4.42. The predicted octanol–water partition coefficient (Wildman–Crippen LogP) is 3.93. The summed E-state index contributed by atoms with van der Waals surface area (Å²) in [5.41, 5.74) is 8.22. The van der Waals surface area contributed by atoms with E-state index in [-0.39, 0.29) is 12.0 Å². The molecule has 20 heavy (non-hydrogen) atoms. The summed E-state index contributed by atoms with van der Waals surface area (Å²) < 4.78 is 0. The average molecular weight is 277 g/mol. The third kappa shape index (κ3) is 4.60. The molecule has 0 aliphatic carbocycles. The van der Waals surface area contributed by atoms with E-state index in [1.165, 1.54) is 43.2 Å². The van der Waals surface area contributed by atoms with E-state index in [4.69, 9.17) is 5.73 Å². The van der Waals surface area contributed by atoms with Gasteiger partial charge in [-0.05, 0) is 24.5 Å². The summed E-state index contributed by atoms with van der Waals surface area (Å²) in [7, 11) is 0. The maximum atomic E-state index is 9.92.